The molecule has 0 spiro atoms. The first-order chi connectivity index (χ1) is 14.8. The first-order valence-corrected chi connectivity index (χ1v) is 11.3. The molecule has 31 heavy (non-hydrogen) atoms. The molecule has 1 atom stereocenters. The number of hydrogen-bond acceptors (Lipinski definition) is 7. The summed E-state index contributed by atoms with van der Waals surface area (Å²) in [4.78, 5) is 11.8. The van der Waals surface area contributed by atoms with Crippen molar-refractivity contribution in [1.29, 1.82) is 0 Å². The average molecular weight is 453 g/mol. The summed E-state index contributed by atoms with van der Waals surface area (Å²) in [6.07, 6.45) is -1.00. The van der Waals surface area contributed by atoms with Gasteiger partial charge in [0, 0.05) is 12.1 Å². The minimum absolute atomic E-state index is 0.00317. The van der Waals surface area contributed by atoms with Crippen molar-refractivity contribution < 1.29 is 32.8 Å². The quantitative estimate of drug-likeness (QED) is 0.408. The van der Waals surface area contributed by atoms with Gasteiger partial charge >= 0.3 is 0 Å². The van der Waals surface area contributed by atoms with Crippen LogP contribution in [0.25, 0.3) is 0 Å². The molecule has 0 aromatic heterocycles. The highest BCUT2D eigenvalue weighted by Gasteiger charge is 2.32. The molecule has 0 saturated carbocycles. The number of quaternary nitrogens is 1. The molecule has 1 aliphatic heterocycles. The first kappa shape index (κ1) is 22.9. The van der Waals surface area contributed by atoms with Crippen molar-refractivity contribution in [3.63, 3.8) is 0 Å². The molecular formula is C20H26N3O7S+. The lowest BCUT2D eigenvalue weighted by Gasteiger charge is -2.30. The summed E-state index contributed by atoms with van der Waals surface area (Å²) in [6.45, 7) is 2.62. The molecule has 1 saturated heterocycles. The zero-order valence-electron chi connectivity index (χ0n) is 17.1. The second kappa shape index (κ2) is 10.1. The van der Waals surface area contributed by atoms with E-state index in [1.165, 1.54) is 31.4 Å². The Morgan fingerprint density at radius 3 is 2.52 bits per heavy atom. The van der Waals surface area contributed by atoms with Crippen LogP contribution >= 0.6 is 0 Å². The molecule has 2 aromatic carbocycles. The van der Waals surface area contributed by atoms with Gasteiger partial charge in [0.05, 0.1) is 36.7 Å². The molecule has 2 N–H and O–H groups in total. The molecule has 1 fully saturated rings. The van der Waals surface area contributed by atoms with E-state index < -0.39 is 21.1 Å². The second-order valence-corrected chi connectivity index (χ2v) is 9.05. The fourth-order valence-corrected chi connectivity index (χ4v) is 5.01. The maximum Gasteiger partial charge on any atom is 0.271 e. The topological polar surface area (TPSA) is 124 Å². The maximum absolute atomic E-state index is 13.5. The summed E-state index contributed by atoms with van der Waals surface area (Å²) >= 11 is 0. The second-order valence-electron chi connectivity index (χ2n) is 7.18. The fraction of sp³-hybridized carbons (Fsp3) is 0.400. The lowest BCUT2D eigenvalue weighted by atomic mass is 10.2. The maximum atomic E-state index is 13.5. The Hall–Kier alpha value is -2.73. The summed E-state index contributed by atoms with van der Waals surface area (Å²) in [5, 5.41) is 22.1. The molecular weight excluding hydrogens is 426 g/mol. The van der Waals surface area contributed by atoms with Crippen LogP contribution in [0, 0.1) is 10.1 Å². The number of methoxy groups -OCH3 is 1. The zero-order chi connectivity index (χ0) is 22.4. The molecule has 11 heteroatoms. The summed E-state index contributed by atoms with van der Waals surface area (Å²) in [7, 11) is -2.77. The van der Waals surface area contributed by atoms with Crippen LogP contribution in [0.4, 0.5) is 11.4 Å². The minimum atomic E-state index is -4.13. The van der Waals surface area contributed by atoms with E-state index in [0.29, 0.717) is 32.8 Å². The SMILES string of the molecule is COc1ccc([N+](=O)[O-])cc1N(CC(O)C[NH+]1CCOCC1)S(=O)(=O)c1ccccc1. The van der Waals surface area contributed by atoms with E-state index in [0.717, 1.165) is 15.3 Å². The number of nitro groups is 1. The lowest BCUT2D eigenvalue weighted by Crippen LogP contribution is -3.15. The molecule has 1 heterocycles. The number of non-ortho nitro benzene ring substituents is 1. The number of anilines is 1. The number of aliphatic hydroxyl groups is 1. The Morgan fingerprint density at radius 2 is 1.90 bits per heavy atom. The molecule has 3 rings (SSSR count). The highest BCUT2D eigenvalue weighted by atomic mass is 32.2. The smallest absolute Gasteiger partial charge is 0.271 e. The highest BCUT2D eigenvalue weighted by molar-refractivity contribution is 7.92. The zero-order valence-corrected chi connectivity index (χ0v) is 18.0. The van der Waals surface area contributed by atoms with Gasteiger partial charge < -0.3 is 19.5 Å². The number of ether oxygens (including phenoxy) is 2. The number of hydrogen-bond donors (Lipinski definition) is 2. The van der Waals surface area contributed by atoms with Crippen LogP contribution in [0.3, 0.4) is 0 Å². The monoisotopic (exact) mass is 452 g/mol. The largest absolute Gasteiger partial charge is 0.495 e. The van der Waals surface area contributed by atoms with Crippen LogP contribution in [0.5, 0.6) is 5.75 Å². The van der Waals surface area contributed by atoms with Gasteiger partial charge in [-0.3, -0.25) is 14.4 Å². The van der Waals surface area contributed by atoms with Crippen LogP contribution in [-0.2, 0) is 14.8 Å². The van der Waals surface area contributed by atoms with Crippen molar-refractivity contribution in [2.45, 2.75) is 11.0 Å². The van der Waals surface area contributed by atoms with Gasteiger partial charge in [0.15, 0.2) is 0 Å². The van der Waals surface area contributed by atoms with E-state index in [1.54, 1.807) is 18.2 Å². The number of nitro benzene ring substituents is 1. The highest BCUT2D eigenvalue weighted by Crippen LogP contribution is 2.35. The lowest BCUT2D eigenvalue weighted by molar-refractivity contribution is -0.910. The Labute approximate surface area is 180 Å². The number of morpholine rings is 1. The van der Waals surface area contributed by atoms with Crippen LogP contribution in [0.15, 0.2) is 53.4 Å². The van der Waals surface area contributed by atoms with E-state index in [2.05, 4.69) is 0 Å². The molecule has 0 bridgehead atoms. The van der Waals surface area contributed by atoms with Gasteiger partial charge in [0.1, 0.15) is 37.2 Å². The summed E-state index contributed by atoms with van der Waals surface area (Å²) < 4.78 is 38.5. The fourth-order valence-electron chi connectivity index (χ4n) is 3.49. The van der Waals surface area contributed by atoms with Crippen molar-refractivity contribution in [2.75, 3.05) is 50.8 Å². The van der Waals surface area contributed by atoms with Crippen molar-refractivity contribution in [3.8, 4) is 5.75 Å². The molecule has 0 amide bonds. The number of benzene rings is 2. The third-order valence-corrected chi connectivity index (χ3v) is 6.87. The molecule has 1 aliphatic rings. The summed E-state index contributed by atoms with van der Waals surface area (Å²) in [6, 6.07) is 11.5. The van der Waals surface area contributed by atoms with Gasteiger partial charge in [-0.25, -0.2) is 8.42 Å². The molecule has 0 radical (unpaired) electrons. The molecule has 2 aromatic rings. The Bertz CT molecular complexity index is 995. The molecule has 1 unspecified atom stereocenters. The first-order valence-electron chi connectivity index (χ1n) is 9.82. The van der Waals surface area contributed by atoms with E-state index in [9.17, 15) is 23.6 Å². The van der Waals surface area contributed by atoms with E-state index >= 15 is 0 Å². The van der Waals surface area contributed by atoms with Crippen molar-refractivity contribution >= 4 is 21.4 Å². The van der Waals surface area contributed by atoms with E-state index in [1.807, 2.05) is 0 Å². The number of nitrogens with zero attached hydrogens (tertiary/aromatic N) is 2. The van der Waals surface area contributed by atoms with E-state index in [4.69, 9.17) is 9.47 Å². The standard InChI is InChI=1S/C20H25N3O7S/c1-29-20-8-7-16(23(25)26)13-19(20)22(31(27,28)18-5-3-2-4-6-18)15-17(24)14-21-9-11-30-12-10-21/h2-8,13,17,24H,9-12,14-15H2,1H3/p+1. The van der Waals surface area contributed by atoms with Crippen molar-refractivity contribution in [3.05, 3.63) is 58.6 Å². The molecule has 168 valence electrons. The van der Waals surface area contributed by atoms with Gasteiger partial charge in [-0.15, -0.1) is 0 Å². The van der Waals surface area contributed by atoms with Gasteiger partial charge in [0.2, 0.25) is 0 Å². The average Bonchev–Trinajstić information content (AvgIpc) is 2.78. The van der Waals surface area contributed by atoms with Gasteiger partial charge in [-0.05, 0) is 18.2 Å². The predicted molar refractivity (Wildman–Crippen MR) is 113 cm³/mol. The Morgan fingerprint density at radius 1 is 1.23 bits per heavy atom. The van der Waals surface area contributed by atoms with Crippen molar-refractivity contribution in [1.82, 2.24) is 0 Å². The number of rotatable bonds is 9. The normalized spacial score (nSPS) is 15.9. The predicted octanol–water partition coefficient (Wildman–Crippen LogP) is 0.0747. The number of nitrogens with one attached hydrogen (secondary N) is 1. The third kappa shape index (κ3) is 5.50. The number of sulfonamides is 1. The van der Waals surface area contributed by atoms with Crippen molar-refractivity contribution in [2.24, 2.45) is 0 Å². The third-order valence-electron chi connectivity index (χ3n) is 5.07. The number of aliphatic hydroxyl groups excluding tert-OH is 1. The Balaban J connectivity index is 2.00. The van der Waals surface area contributed by atoms with Gasteiger partial charge in [-0.2, -0.15) is 0 Å². The molecule has 10 nitrogen and oxygen atoms in total. The summed E-state index contributed by atoms with van der Waals surface area (Å²) in [5.41, 5.74) is -0.283. The van der Waals surface area contributed by atoms with Crippen LogP contribution in [0.1, 0.15) is 0 Å². The van der Waals surface area contributed by atoms with Crippen LogP contribution in [-0.4, -0.2) is 71.1 Å². The van der Waals surface area contributed by atoms with E-state index in [-0.39, 0.29) is 28.6 Å². The molecule has 0 aliphatic carbocycles. The summed E-state index contributed by atoms with van der Waals surface area (Å²) in [5.74, 6) is 0.149. The Kier molecular flexibility index (Phi) is 7.44. The van der Waals surface area contributed by atoms with Crippen LogP contribution < -0.4 is 13.9 Å². The van der Waals surface area contributed by atoms with Gasteiger partial charge in [-0.1, -0.05) is 18.2 Å². The van der Waals surface area contributed by atoms with Gasteiger partial charge in [0.25, 0.3) is 15.7 Å². The minimum Gasteiger partial charge on any atom is -0.495 e. The van der Waals surface area contributed by atoms with Crippen LogP contribution in [0.2, 0.25) is 0 Å².